The van der Waals surface area contributed by atoms with Gasteiger partial charge in [-0.1, -0.05) is 17.7 Å². The number of aliphatic hydroxyl groups is 1. The molecule has 1 saturated heterocycles. The fraction of sp³-hybridized carbons (Fsp3) is 0.600. The van der Waals surface area contributed by atoms with Crippen LogP contribution in [-0.4, -0.2) is 50.7 Å². The zero-order valence-corrected chi connectivity index (χ0v) is 11.8. The van der Waals surface area contributed by atoms with Crippen LogP contribution >= 0.6 is 0 Å². The lowest BCUT2D eigenvalue weighted by Crippen LogP contribution is -3.15. The summed E-state index contributed by atoms with van der Waals surface area (Å²) in [4.78, 5) is 1.39. The first kappa shape index (κ1) is 14.3. The van der Waals surface area contributed by atoms with Gasteiger partial charge in [0.25, 0.3) is 0 Å². The molecule has 4 nitrogen and oxygen atoms in total. The highest BCUT2D eigenvalue weighted by Crippen LogP contribution is 2.18. The minimum atomic E-state index is -0.422. The Kier molecular flexibility index (Phi) is 5.19. The molecule has 1 unspecified atom stereocenters. The Morgan fingerprint density at radius 3 is 2.74 bits per heavy atom. The maximum absolute atomic E-state index is 10.0. The molecule has 0 amide bonds. The summed E-state index contributed by atoms with van der Waals surface area (Å²) in [6.45, 7) is 8.71. The standard InChI is InChI=1S/C15H23NO3/c1-12-3-4-15(13(2)9-12)19-11-14(17)10-16-5-7-18-8-6-16/h3-4,9,14,17H,5-8,10-11H2,1-2H3/p+1. The molecule has 0 bridgehead atoms. The Balaban J connectivity index is 1.77. The summed E-state index contributed by atoms with van der Waals surface area (Å²) < 4.78 is 11.0. The summed E-state index contributed by atoms with van der Waals surface area (Å²) >= 11 is 0. The summed E-state index contributed by atoms with van der Waals surface area (Å²) in [5.41, 5.74) is 2.34. The van der Waals surface area contributed by atoms with Gasteiger partial charge in [-0.3, -0.25) is 0 Å². The first-order valence-corrected chi connectivity index (χ1v) is 6.94. The Morgan fingerprint density at radius 1 is 1.32 bits per heavy atom. The number of morpholine rings is 1. The Labute approximate surface area is 114 Å². The maximum Gasteiger partial charge on any atom is 0.137 e. The van der Waals surface area contributed by atoms with Crippen molar-refractivity contribution in [2.75, 3.05) is 39.5 Å². The van der Waals surface area contributed by atoms with Gasteiger partial charge >= 0.3 is 0 Å². The molecule has 1 aromatic rings. The van der Waals surface area contributed by atoms with Crippen LogP contribution in [0.1, 0.15) is 11.1 Å². The van der Waals surface area contributed by atoms with Gasteiger partial charge in [-0.05, 0) is 25.5 Å². The molecule has 1 fully saturated rings. The second-order valence-corrected chi connectivity index (χ2v) is 5.30. The highest BCUT2D eigenvalue weighted by Gasteiger charge is 2.18. The van der Waals surface area contributed by atoms with Crippen LogP contribution in [0.2, 0.25) is 0 Å². The Bertz CT molecular complexity index is 402. The second kappa shape index (κ2) is 6.89. The first-order chi connectivity index (χ1) is 9.15. The molecule has 0 aliphatic carbocycles. The van der Waals surface area contributed by atoms with Gasteiger partial charge in [0, 0.05) is 0 Å². The zero-order chi connectivity index (χ0) is 13.7. The highest BCUT2D eigenvalue weighted by atomic mass is 16.5. The fourth-order valence-electron chi connectivity index (χ4n) is 2.40. The van der Waals surface area contributed by atoms with Crippen molar-refractivity contribution in [1.29, 1.82) is 0 Å². The highest BCUT2D eigenvalue weighted by molar-refractivity contribution is 5.35. The van der Waals surface area contributed by atoms with E-state index in [1.54, 1.807) is 0 Å². The van der Waals surface area contributed by atoms with Crippen molar-refractivity contribution in [1.82, 2.24) is 0 Å². The van der Waals surface area contributed by atoms with Crippen molar-refractivity contribution in [2.24, 2.45) is 0 Å². The molecule has 0 aromatic heterocycles. The Hall–Kier alpha value is -1.10. The van der Waals surface area contributed by atoms with E-state index in [1.165, 1.54) is 10.5 Å². The van der Waals surface area contributed by atoms with Gasteiger partial charge in [-0.25, -0.2) is 0 Å². The number of benzene rings is 1. The SMILES string of the molecule is Cc1ccc(OCC(O)C[NH+]2CCOCC2)c(C)c1. The fourth-order valence-corrected chi connectivity index (χ4v) is 2.40. The van der Waals surface area contributed by atoms with Gasteiger partial charge in [0.2, 0.25) is 0 Å². The van der Waals surface area contributed by atoms with E-state index in [0.717, 1.165) is 44.2 Å². The van der Waals surface area contributed by atoms with Crippen LogP contribution in [0.3, 0.4) is 0 Å². The molecular formula is C15H24NO3+. The number of hydrogen-bond acceptors (Lipinski definition) is 3. The third kappa shape index (κ3) is 4.49. The smallest absolute Gasteiger partial charge is 0.137 e. The quantitative estimate of drug-likeness (QED) is 0.786. The summed E-state index contributed by atoms with van der Waals surface area (Å²) in [5, 5.41) is 10.0. The molecule has 0 spiro atoms. The second-order valence-electron chi connectivity index (χ2n) is 5.30. The van der Waals surface area contributed by atoms with Crippen molar-refractivity contribution in [3.63, 3.8) is 0 Å². The van der Waals surface area contributed by atoms with E-state index >= 15 is 0 Å². The van der Waals surface area contributed by atoms with Crippen LogP contribution in [0, 0.1) is 13.8 Å². The summed E-state index contributed by atoms with van der Waals surface area (Å²) in [7, 11) is 0. The molecule has 106 valence electrons. The molecule has 4 heteroatoms. The molecule has 1 aliphatic rings. The van der Waals surface area contributed by atoms with Crippen LogP contribution in [0.5, 0.6) is 5.75 Å². The molecule has 1 aromatic carbocycles. The number of quaternary nitrogens is 1. The molecular weight excluding hydrogens is 242 g/mol. The largest absolute Gasteiger partial charge is 0.490 e. The minimum absolute atomic E-state index is 0.355. The van der Waals surface area contributed by atoms with Gasteiger partial charge in [0.1, 0.15) is 38.1 Å². The predicted octanol–water partition coefficient (Wildman–Crippen LogP) is -0.0418. The van der Waals surface area contributed by atoms with E-state index in [0.29, 0.717) is 6.61 Å². The van der Waals surface area contributed by atoms with E-state index in [1.807, 2.05) is 19.1 Å². The molecule has 1 atom stereocenters. The zero-order valence-electron chi connectivity index (χ0n) is 11.8. The third-order valence-corrected chi connectivity index (χ3v) is 3.49. The molecule has 1 aliphatic heterocycles. The van der Waals surface area contributed by atoms with Gasteiger partial charge in [-0.15, -0.1) is 0 Å². The number of aryl methyl sites for hydroxylation is 2. The van der Waals surface area contributed by atoms with Gasteiger partial charge in [-0.2, -0.15) is 0 Å². The van der Waals surface area contributed by atoms with Crippen molar-refractivity contribution < 1.29 is 19.5 Å². The lowest BCUT2D eigenvalue weighted by Gasteiger charge is -2.25. The minimum Gasteiger partial charge on any atom is -0.490 e. The van der Waals surface area contributed by atoms with Crippen molar-refractivity contribution >= 4 is 0 Å². The van der Waals surface area contributed by atoms with Gasteiger partial charge in [0.15, 0.2) is 0 Å². The van der Waals surface area contributed by atoms with Crippen molar-refractivity contribution in [3.8, 4) is 5.75 Å². The topological polar surface area (TPSA) is 43.1 Å². The van der Waals surface area contributed by atoms with Gasteiger partial charge < -0.3 is 19.5 Å². The average Bonchev–Trinajstić information content (AvgIpc) is 2.39. The van der Waals surface area contributed by atoms with Crippen LogP contribution < -0.4 is 9.64 Å². The normalized spacial score (nSPS) is 18.3. The Morgan fingerprint density at radius 2 is 2.05 bits per heavy atom. The number of nitrogens with one attached hydrogen (secondary N) is 1. The van der Waals surface area contributed by atoms with Crippen LogP contribution in [0.4, 0.5) is 0 Å². The summed E-state index contributed by atoms with van der Waals surface area (Å²) in [6.07, 6.45) is -0.422. The number of hydrogen-bond donors (Lipinski definition) is 2. The molecule has 2 rings (SSSR count). The van der Waals surface area contributed by atoms with Gasteiger partial charge in [0.05, 0.1) is 13.2 Å². The first-order valence-electron chi connectivity index (χ1n) is 6.94. The maximum atomic E-state index is 10.0. The van der Waals surface area contributed by atoms with E-state index in [2.05, 4.69) is 13.0 Å². The van der Waals surface area contributed by atoms with Crippen molar-refractivity contribution in [3.05, 3.63) is 29.3 Å². The molecule has 2 N–H and O–H groups in total. The third-order valence-electron chi connectivity index (χ3n) is 3.49. The average molecular weight is 266 g/mol. The summed E-state index contributed by atoms with van der Waals surface area (Å²) in [5.74, 6) is 0.863. The van der Waals surface area contributed by atoms with E-state index in [9.17, 15) is 5.11 Å². The van der Waals surface area contributed by atoms with Crippen LogP contribution in [-0.2, 0) is 4.74 Å². The van der Waals surface area contributed by atoms with Crippen molar-refractivity contribution in [2.45, 2.75) is 20.0 Å². The van der Waals surface area contributed by atoms with Crippen LogP contribution in [0.25, 0.3) is 0 Å². The molecule has 1 heterocycles. The number of aliphatic hydroxyl groups excluding tert-OH is 1. The van der Waals surface area contributed by atoms with E-state index < -0.39 is 6.10 Å². The molecule has 0 radical (unpaired) electrons. The summed E-state index contributed by atoms with van der Waals surface area (Å²) in [6, 6.07) is 6.09. The monoisotopic (exact) mass is 266 g/mol. The van der Waals surface area contributed by atoms with E-state index in [4.69, 9.17) is 9.47 Å². The molecule has 0 saturated carbocycles. The predicted molar refractivity (Wildman–Crippen MR) is 73.8 cm³/mol. The van der Waals surface area contributed by atoms with Crippen LogP contribution in [0.15, 0.2) is 18.2 Å². The molecule has 19 heavy (non-hydrogen) atoms. The lowest BCUT2D eigenvalue weighted by molar-refractivity contribution is -0.911. The number of rotatable bonds is 5. The number of ether oxygens (including phenoxy) is 2. The lowest BCUT2D eigenvalue weighted by atomic mass is 10.1. The van der Waals surface area contributed by atoms with E-state index in [-0.39, 0.29) is 0 Å².